The number of halogens is 4. The van der Waals surface area contributed by atoms with E-state index in [0.29, 0.717) is 50.9 Å². The summed E-state index contributed by atoms with van der Waals surface area (Å²) in [6, 6.07) is 10.2. The van der Waals surface area contributed by atoms with Gasteiger partial charge in [-0.05, 0) is 82.0 Å². The number of hydrogen-bond donors (Lipinski definition) is 0. The highest BCUT2D eigenvalue weighted by Crippen LogP contribution is 2.32. The second-order valence-electron chi connectivity index (χ2n) is 12.7. The number of ether oxygens (including phenoxy) is 1. The van der Waals surface area contributed by atoms with Crippen molar-refractivity contribution in [1.29, 1.82) is 0 Å². The van der Waals surface area contributed by atoms with Crippen LogP contribution in [0.15, 0.2) is 41.6 Å². The Balaban J connectivity index is 1.46. The molecular formula is C34H43Cl4N5O5. The Labute approximate surface area is 302 Å². The predicted molar refractivity (Wildman–Crippen MR) is 191 cm³/mol. The molecule has 2 aromatic carbocycles. The zero-order chi connectivity index (χ0) is 35.2. The van der Waals surface area contributed by atoms with Crippen LogP contribution in [0.25, 0.3) is 0 Å². The zero-order valence-electron chi connectivity index (χ0n) is 28.0. The summed E-state index contributed by atoms with van der Waals surface area (Å²) in [4.78, 5) is 52.1. The van der Waals surface area contributed by atoms with Crippen molar-refractivity contribution in [3.63, 3.8) is 0 Å². The van der Waals surface area contributed by atoms with Crippen LogP contribution in [0.4, 0.5) is 4.79 Å². The van der Waals surface area contributed by atoms with Gasteiger partial charge in [-0.25, -0.2) is 9.59 Å². The fraction of sp³-hybridized carbons (Fsp3) is 0.529. The van der Waals surface area contributed by atoms with Crippen LogP contribution in [0, 0.1) is 0 Å². The largest absolute Gasteiger partial charge is 0.467 e. The van der Waals surface area contributed by atoms with E-state index in [4.69, 9.17) is 56.0 Å². The number of piperidine rings is 1. The van der Waals surface area contributed by atoms with E-state index in [1.807, 2.05) is 17.0 Å². The summed E-state index contributed by atoms with van der Waals surface area (Å²) >= 11 is 25.0. The molecule has 262 valence electrons. The molecule has 0 spiro atoms. The van der Waals surface area contributed by atoms with Crippen LogP contribution >= 0.6 is 46.4 Å². The molecule has 0 N–H and O–H groups in total. The van der Waals surface area contributed by atoms with Gasteiger partial charge in [0, 0.05) is 60.8 Å². The second kappa shape index (κ2) is 16.8. The third-order valence-corrected chi connectivity index (χ3v) is 10.3. The van der Waals surface area contributed by atoms with Gasteiger partial charge in [0.25, 0.3) is 5.91 Å². The van der Waals surface area contributed by atoms with Gasteiger partial charge in [0.15, 0.2) is 0 Å². The van der Waals surface area contributed by atoms with Crippen molar-refractivity contribution in [2.75, 3.05) is 60.5 Å². The molecule has 0 aromatic heterocycles. The first kappa shape index (κ1) is 38.0. The van der Waals surface area contributed by atoms with Crippen molar-refractivity contribution >= 4 is 70.0 Å². The minimum absolute atomic E-state index is 0.0844. The van der Waals surface area contributed by atoms with Crippen LogP contribution in [0.5, 0.6) is 0 Å². The second-order valence-corrected chi connectivity index (χ2v) is 14.4. The molecule has 0 bridgehead atoms. The Hall–Kier alpha value is -2.76. The molecule has 0 saturated carbocycles. The number of urea groups is 1. The van der Waals surface area contributed by atoms with E-state index in [1.165, 1.54) is 14.2 Å². The molecule has 0 aliphatic carbocycles. The van der Waals surface area contributed by atoms with Gasteiger partial charge in [-0.3, -0.25) is 4.79 Å². The lowest BCUT2D eigenvalue weighted by Gasteiger charge is -2.47. The number of oxime groups is 1. The topological polar surface area (TPSA) is 95.0 Å². The van der Waals surface area contributed by atoms with Gasteiger partial charge in [-0.1, -0.05) is 57.6 Å². The molecule has 2 aliphatic rings. The van der Waals surface area contributed by atoms with Gasteiger partial charge in [0.2, 0.25) is 0 Å². The number of nitrogens with zero attached hydrogens (tertiary/aromatic N) is 5. The molecule has 2 fully saturated rings. The molecule has 3 amide bonds. The predicted octanol–water partition coefficient (Wildman–Crippen LogP) is 7.09. The van der Waals surface area contributed by atoms with Crippen LogP contribution in [0.2, 0.25) is 20.1 Å². The third-order valence-electron chi connectivity index (χ3n) is 9.16. The van der Waals surface area contributed by atoms with Crippen LogP contribution in [-0.4, -0.2) is 115 Å². The van der Waals surface area contributed by atoms with Gasteiger partial charge in [-0.2, -0.15) is 0 Å². The van der Waals surface area contributed by atoms with E-state index in [2.05, 4.69) is 10.1 Å². The van der Waals surface area contributed by atoms with E-state index in [1.54, 1.807) is 55.0 Å². The monoisotopic (exact) mass is 741 g/mol. The highest BCUT2D eigenvalue weighted by atomic mass is 35.5. The Kier molecular flexibility index (Phi) is 13.3. The van der Waals surface area contributed by atoms with Crippen molar-refractivity contribution < 1.29 is 24.0 Å². The quantitative estimate of drug-likeness (QED) is 0.131. The normalized spacial score (nSPS) is 17.4. The Morgan fingerprint density at radius 3 is 2.25 bits per heavy atom. The van der Waals surface area contributed by atoms with Gasteiger partial charge in [0.05, 0.1) is 29.4 Å². The summed E-state index contributed by atoms with van der Waals surface area (Å²) in [5.41, 5.74) is 0.868. The summed E-state index contributed by atoms with van der Waals surface area (Å²) in [5.74, 6) is -0.933. The summed E-state index contributed by atoms with van der Waals surface area (Å²) in [5, 5.41) is 5.99. The first-order valence-corrected chi connectivity index (χ1v) is 17.4. The van der Waals surface area contributed by atoms with Gasteiger partial charge < -0.3 is 29.2 Å². The number of hydrogen-bond acceptors (Lipinski definition) is 7. The first-order chi connectivity index (χ1) is 22.8. The van der Waals surface area contributed by atoms with Crippen molar-refractivity contribution in [2.45, 2.75) is 57.0 Å². The molecular weight excluding hydrogens is 700 g/mol. The van der Waals surface area contributed by atoms with E-state index < -0.39 is 11.5 Å². The molecule has 2 aliphatic heterocycles. The molecule has 4 rings (SSSR count). The minimum atomic E-state index is -1.04. The van der Waals surface area contributed by atoms with Crippen LogP contribution < -0.4 is 0 Å². The van der Waals surface area contributed by atoms with Gasteiger partial charge in [-0.15, -0.1) is 0 Å². The maximum Gasteiger partial charge on any atom is 0.331 e. The maximum absolute atomic E-state index is 13.5. The molecule has 2 saturated heterocycles. The Morgan fingerprint density at radius 2 is 1.65 bits per heavy atom. The first-order valence-electron chi connectivity index (χ1n) is 15.9. The molecule has 1 unspecified atom stereocenters. The molecule has 10 nitrogen and oxygen atoms in total. The van der Waals surface area contributed by atoms with Crippen molar-refractivity contribution in [3.05, 3.63) is 67.6 Å². The summed E-state index contributed by atoms with van der Waals surface area (Å²) in [6.07, 6.45) is 3.09. The minimum Gasteiger partial charge on any atom is -0.467 e. The number of rotatable bonds is 12. The fourth-order valence-corrected chi connectivity index (χ4v) is 7.35. The van der Waals surface area contributed by atoms with Crippen LogP contribution in [0.1, 0.15) is 61.4 Å². The average Bonchev–Trinajstić information content (AvgIpc) is 3.05. The number of carbonyl (C=O) groups excluding carboxylic acids is 3. The smallest absolute Gasteiger partial charge is 0.331 e. The van der Waals surface area contributed by atoms with Crippen molar-refractivity contribution in [1.82, 2.24) is 19.6 Å². The molecule has 2 heterocycles. The van der Waals surface area contributed by atoms with Crippen LogP contribution in [-0.2, 0) is 14.4 Å². The Morgan fingerprint density at radius 1 is 0.979 bits per heavy atom. The van der Waals surface area contributed by atoms with E-state index in [-0.39, 0.29) is 30.4 Å². The number of esters is 1. The summed E-state index contributed by atoms with van der Waals surface area (Å²) < 4.78 is 4.98. The lowest BCUT2D eigenvalue weighted by molar-refractivity contribution is -0.152. The molecule has 1 atom stereocenters. The average molecular weight is 744 g/mol. The maximum atomic E-state index is 13.5. The van der Waals surface area contributed by atoms with Crippen molar-refractivity contribution in [2.24, 2.45) is 5.16 Å². The molecule has 14 heteroatoms. The number of likely N-dealkylation sites (tertiary alicyclic amines) is 1. The Bertz CT molecular complexity index is 1490. The molecule has 2 aromatic rings. The van der Waals surface area contributed by atoms with E-state index >= 15 is 0 Å². The van der Waals surface area contributed by atoms with E-state index in [9.17, 15) is 14.4 Å². The molecule has 48 heavy (non-hydrogen) atoms. The van der Waals surface area contributed by atoms with Gasteiger partial charge in [0.1, 0.15) is 12.6 Å². The lowest BCUT2D eigenvalue weighted by Crippen LogP contribution is -2.63. The third kappa shape index (κ3) is 9.07. The number of amides is 3. The SMILES string of the molecule is CO/N=C(\CN(C)C(=O)c1cc(Cl)cc(Cl)c1)C(CCN1CCC(N2CCCN(C(C)(C)C(=O)OC)C2=O)CC1)c1ccc(Cl)c(Cl)c1. The summed E-state index contributed by atoms with van der Waals surface area (Å²) in [6.45, 7) is 7.16. The van der Waals surface area contributed by atoms with E-state index in [0.717, 1.165) is 44.5 Å². The van der Waals surface area contributed by atoms with Gasteiger partial charge >= 0.3 is 12.0 Å². The zero-order valence-corrected chi connectivity index (χ0v) is 31.0. The summed E-state index contributed by atoms with van der Waals surface area (Å²) in [7, 11) is 4.51. The van der Waals surface area contributed by atoms with Crippen molar-refractivity contribution in [3.8, 4) is 0 Å². The number of methoxy groups -OCH3 is 1. The van der Waals surface area contributed by atoms with Crippen LogP contribution in [0.3, 0.4) is 0 Å². The number of benzene rings is 2. The lowest BCUT2D eigenvalue weighted by atomic mass is 9.89. The standard InChI is InChI=1S/C34H43Cl4N5O5/c1-34(2,32(45)47-4)43-13-6-12-42(33(43)46)26-9-14-41(15-10-26)16-11-27(22-7-8-28(37)29(38)19-22)30(39-48-5)21-40(3)31(44)23-17-24(35)20-25(36)18-23/h7-8,17-20,26-27H,6,9-16,21H2,1-5H3/b39-30+. The fourth-order valence-electron chi connectivity index (χ4n) is 6.52. The highest BCUT2D eigenvalue weighted by Gasteiger charge is 2.44. The molecule has 0 radical (unpaired) electrons. The number of carbonyl (C=O) groups is 3. The highest BCUT2D eigenvalue weighted by molar-refractivity contribution is 6.42.